The molecule has 19 heavy (non-hydrogen) atoms. The van der Waals surface area contributed by atoms with E-state index in [-0.39, 0.29) is 6.42 Å². The van der Waals surface area contributed by atoms with E-state index in [1.54, 1.807) is 6.92 Å². The molecule has 0 aliphatic carbocycles. The molecule has 0 aromatic rings. The number of carboxylic acids is 1. The molecule has 0 spiro atoms. The highest BCUT2D eigenvalue weighted by atomic mass is 16.4. The van der Waals surface area contributed by atoms with Crippen molar-refractivity contribution in [1.29, 1.82) is 0 Å². The molecule has 1 fully saturated rings. The standard InChI is InChI=1S/C12H18N2O5/c1-2-12(7-5-3-4-6-8(15)16)9(17)13-11(19)14-10(12)18/h2-7H2,1H3,(H,15,16)(H2,13,14,17,18,19). The Morgan fingerprint density at radius 1 is 1.11 bits per heavy atom. The zero-order valence-corrected chi connectivity index (χ0v) is 10.8. The molecular weight excluding hydrogens is 252 g/mol. The number of hydrogen-bond acceptors (Lipinski definition) is 4. The lowest BCUT2D eigenvalue weighted by atomic mass is 9.77. The Hall–Kier alpha value is -1.92. The SMILES string of the molecule is CCC1(CCCCCC(=O)O)C(=O)NC(=O)NC1=O. The number of barbiturate groups is 1. The summed E-state index contributed by atoms with van der Waals surface area (Å²) in [4.78, 5) is 45.1. The van der Waals surface area contributed by atoms with Gasteiger partial charge in [-0.3, -0.25) is 25.0 Å². The van der Waals surface area contributed by atoms with Gasteiger partial charge in [0, 0.05) is 6.42 Å². The van der Waals surface area contributed by atoms with Crippen LogP contribution in [0, 0.1) is 5.41 Å². The van der Waals surface area contributed by atoms with Gasteiger partial charge < -0.3 is 5.11 Å². The van der Waals surface area contributed by atoms with Crippen LogP contribution in [0.5, 0.6) is 0 Å². The Labute approximate surface area is 110 Å². The zero-order valence-electron chi connectivity index (χ0n) is 10.8. The number of nitrogens with one attached hydrogen (secondary N) is 2. The van der Waals surface area contributed by atoms with Crippen molar-refractivity contribution in [1.82, 2.24) is 10.6 Å². The summed E-state index contributed by atoms with van der Waals surface area (Å²) in [7, 11) is 0. The van der Waals surface area contributed by atoms with E-state index in [1.807, 2.05) is 0 Å². The molecule has 0 atom stereocenters. The summed E-state index contributed by atoms with van der Waals surface area (Å²) in [6.45, 7) is 1.71. The minimum Gasteiger partial charge on any atom is -0.481 e. The zero-order chi connectivity index (χ0) is 14.5. The fraction of sp³-hybridized carbons (Fsp3) is 0.667. The normalized spacial score (nSPS) is 17.8. The highest BCUT2D eigenvalue weighted by molar-refractivity contribution is 6.19. The van der Waals surface area contributed by atoms with Gasteiger partial charge in [-0.1, -0.05) is 19.8 Å². The van der Waals surface area contributed by atoms with E-state index < -0.39 is 29.2 Å². The predicted molar refractivity (Wildman–Crippen MR) is 65.1 cm³/mol. The molecule has 1 heterocycles. The number of carboxylic acid groups (broad SMARTS) is 1. The number of carbonyl (C=O) groups excluding carboxylic acids is 3. The second-order valence-electron chi connectivity index (χ2n) is 4.63. The Bertz CT molecular complexity index is 385. The molecule has 1 aliphatic rings. The Morgan fingerprint density at radius 3 is 2.16 bits per heavy atom. The van der Waals surface area contributed by atoms with Crippen LogP contribution in [0.25, 0.3) is 0 Å². The van der Waals surface area contributed by atoms with E-state index in [4.69, 9.17) is 5.11 Å². The van der Waals surface area contributed by atoms with Gasteiger partial charge in [-0.2, -0.15) is 0 Å². The number of aliphatic carboxylic acids is 1. The predicted octanol–water partition coefficient (Wildman–Crippen LogP) is 0.784. The number of urea groups is 1. The topological polar surface area (TPSA) is 113 Å². The van der Waals surface area contributed by atoms with Crippen LogP contribution in [0.4, 0.5) is 4.79 Å². The van der Waals surface area contributed by atoms with Gasteiger partial charge in [0.05, 0.1) is 0 Å². The maximum Gasteiger partial charge on any atom is 0.328 e. The molecule has 7 nitrogen and oxygen atoms in total. The van der Waals surface area contributed by atoms with Crippen molar-refractivity contribution in [3.05, 3.63) is 0 Å². The van der Waals surface area contributed by atoms with Crippen LogP contribution in [0.1, 0.15) is 45.4 Å². The lowest BCUT2D eigenvalue weighted by Gasteiger charge is -2.32. The van der Waals surface area contributed by atoms with Crippen LogP contribution in [-0.2, 0) is 14.4 Å². The molecule has 4 amide bonds. The van der Waals surface area contributed by atoms with Crippen molar-refractivity contribution in [3.8, 4) is 0 Å². The molecule has 0 saturated carbocycles. The number of amides is 4. The first kappa shape index (κ1) is 15.1. The fourth-order valence-electron chi connectivity index (χ4n) is 2.18. The summed E-state index contributed by atoms with van der Waals surface area (Å²) in [5, 5.41) is 12.7. The van der Waals surface area contributed by atoms with Crippen molar-refractivity contribution in [3.63, 3.8) is 0 Å². The van der Waals surface area contributed by atoms with Crippen LogP contribution in [0.3, 0.4) is 0 Å². The summed E-state index contributed by atoms with van der Waals surface area (Å²) in [6.07, 6.45) is 2.40. The Balaban J connectivity index is 2.55. The third-order valence-corrected chi connectivity index (χ3v) is 3.42. The van der Waals surface area contributed by atoms with Crippen LogP contribution >= 0.6 is 0 Å². The monoisotopic (exact) mass is 270 g/mol. The van der Waals surface area contributed by atoms with Crippen molar-refractivity contribution in [2.75, 3.05) is 0 Å². The minimum absolute atomic E-state index is 0.0794. The lowest BCUT2D eigenvalue weighted by Crippen LogP contribution is -2.62. The summed E-state index contributed by atoms with van der Waals surface area (Å²) in [5.41, 5.74) is -1.21. The minimum atomic E-state index is -1.21. The highest BCUT2D eigenvalue weighted by Crippen LogP contribution is 2.31. The van der Waals surface area contributed by atoms with Gasteiger partial charge in [-0.15, -0.1) is 0 Å². The van der Waals surface area contributed by atoms with Crippen molar-refractivity contribution < 1.29 is 24.3 Å². The number of imide groups is 2. The second-order valence-corrected chi connectivity index (χ2v) is 4.63. The smallest absolute Gasteiger partial charge is 0.328 e. The van der Waals surface area contributed by atoms with Gasteiger partial charge in [0.25, 0.3) is 0 Å². The van der Waals surface area contributed by atoms with Gasteiger partial charge in [0.2, 0.25) is 11.8 Å². The van der Waals surface area contributed by atoms with Crippen LogP contribution in [0.2, 0.25) is 0 Å². The highest BCUT2D eigenvalue weighted by Gasteiger charge is 2.48. The number of carbonyl (C=O) groups is 4. The van der Waals surface area contributed by atoms with Gasteiger partial charge in [-0.05, 0) is 19.3 Å². The summed E-state index contributed by atoms with van der Waals surface area (Å²) < 4.78 is 0. The molecule has 0 radical (unpaired) electrons. The largest absolute Gasteiger partial charge is 0.481 e. The van der Waals surface area contributed by atoms with Crippen LogP contribution < -0.4 is 10.6 Å². The van der Waals surface area contributed by atoms with E-state index in [9.17, 15) is 19.2 Å². The van der Waals surface area contributed by atoms with E-state index in [2.05, 4.69) is 10.6 Å². The first-order chi connectivity index (χ1) is 8.92. The fourth-order valence-corrected chi connectivity index (χ4v) is 2.18. The van der Waals surface area contributed by atoms with Gasteiger partial charge >= 0.3 is 12.0 Å². The maximum absolute atomic E-state index is 11.9. The molecule has 7 heteroatoms. The molecule has 3 N–H and O–H groups in total. The number of hydrogen-bond donors (Lipinski definition) is 3. The quantitative estimate of drug-likeness (QED) is 0.467. The molecule has 1 rings (SSSR count). The molecule has 1 aliphatic heterocycles. The lowest BCUT2D eigenvalue weighted by molar-refractivity contribution is -0.145. The number of unbranched alkanes of at least 4 members (excludes halogenated alkanes) is 2. The van der Waals surface area contributed by atoms with Gasteiger partial charge in [-0.25, -0.2) is 4.79 Å². The third-order valence-electron chi connectivity index (χ3n) is 3.42. The summed E-state index contributed by atoms with van der Waals surface area (Å²) >= 11 is 0. The Morgan fingerprint density at radius 2 is 1.68 bits per heavy atom. The second kappa shape index (κ2) is 6.31. The molecule has 1 saturated heterocycles. The van der Waals surface area contributed by atoms with Crippen molar-refractivity contribution in [2.24, 2.45) is 5.41 Å². The molecule has 0 bridgehead atoms. The molecule has 0 unspecified atom stereocenters. The summed E-state index contributed by atoms with van der Waals surface area (Å²) in [6, 6.07) is -0.787. The van der Waals surface area contributed by atoms with Crippen LogP contribution in [-0.4, -0.2) is 28.9 Å². The van der Waals surface area contributed by atoms with Gasteiger partial charge in [0.1, 0.15) is 5.41 Å². The average molecular weight is 270 g/mol. The maximum atomic E-state index is 11.9. The molecular formula is C12H18N2O5. The Kier molecular flexibility index (Phi) is 5.02. The van der Waals surface area contributed by atoms with E-state index in [0.29, 0.717) is 32.1 Å². The van der Waals surface area contributed by atoms with Crippen molar-refractivity contribution in [2.45, 2.75) is 45.4 Å². The first-order valence-electron chi connectivity index (χ1n) is 6.31. The number of rotatable bonds is 7. The molecule has 0 aromatic heterocycles. The van der Waals surface area contributed by atoms with Gasteiger partial charge in [0.15, 0.2) is 0 Å². The third kappa shape index (κ3) is 3.52. The van der Waals surface area contributed by atoms with E-state index >= 15 is 0 Å². The van der Waals surface area contributed by atoms with E-state index in [0.717, 1.165) is 0 Å². The first-order valence-corrected chi connectivity index (χ1v) is 6.31. The van der Waals surface area contributed by atoms with Crippen LogP contribution in [0.15, 0.2) is 0 Å². The van der Waals surface area contributed by atoms with E-state index in [1.165, 1.54) is 0 Å². The average Bonchev–Trinajstić information content (AvgIpc) is 2.31. The van der Waals surface area contributed by atoms with Crippen molar-refractivity contribution >= 4 is 23.8 Å². The summed E-state index contributed by atoms with van der Waals surface area (Å²) in [5.74, 6) is -1.99. The molecule has 106 valence electrons. The molecule has 0 aromatic carbocycles.